The summed E-state index contributed by atoms with van der Waals surface area (Å²) in [6.45, 7) is 2.06. The summed E-state index contributed by atoms with van der Waals surface area (Å²) in [6, 6.07) is 14.1. The molecular weight excluding hydrogens is 388 g/mol. The fraction of sp³-hybridized carbons (Fsp3) is 0.158. The maximum atomic E-state index is 6.49. The molecule has 0 atom stereocenters. The summed E-state index contributed by atoms with van der Waals surface area (Å²) in [4.78, 5) is 0.806. The minimum absolute atomic E-state index is 0.454. The number of aromatic nitrogens is 2. The maximum absolute atomic E-state index is 6.49. The molecule has 0 saturated carbocycles. The SMILES string of the molecule is COc1ccc(C)cc1CSc1nnc(-c2sc3ccccc3c2Cl)o1. The van der Waals surface area contributed by atoms with Crippen LogP contribution < -0.4 is 4.74 Å². The number of nitrogens with zero attached hydrogens (tertiary/aromatic N) is 2. The Morgan fingerprint density at radius 1 is 1.19 bits per heavy atom. The molecular formula is C19H15ClN2O2S2. The van der Waals surface area contributed by atoms with E-state index in [1.165, 1.54) is 17.3 Å². The molecule has 0 amide bonds. The molecule has 0 unspecified atom stereocenters. The fourth-order valence-corrected chi connectivity index (χ4v) is 4.85. The van der Waals surface area contributed by atoms with Crippen LogP contribution in [0.2, 0.25) is 5.02 Å². The molecule has 0 fully saturated rings. The van der Waals surface area contributed by atoms with Gasteiger partial charge in [0.2, 0.25) is 0 Å². The van der Waals surface area contributed by atoms with E-state index >= 15 is 0 Å². The molecule has 0 bridgehead atoms. The van der Waals surface area contributed by atoms with Gasteiger partial charge in [-0.15, -0.1) is 21.5 Å². The highest BCUT2D eigenvalue weighted by molar-refractivity contribution is 7.98. The van der Waals surface area contributed by atoms with Gasteiger partial charge < -0.3 is 9.15 Å². The average molecular weight is 403 g/mol. The van der Waals surface area contributed by atoms with E-state index in [0.717, 1.165) is 26.3 Å². The number of hydrogen-bond donors (Lipinski definition) is 0. The Bertz CT molecular complexity index is 1070. The van der Waals surface area contributed by atoms with Crippen LogP contribution >= 0.6 is 34.7 Å². The first-order valence-electron chi connectivity index (χ1n) is 7.93. The smallest absolute Gasteiger partial charge is 0.277 e. The van der Waals surface area contributed by atoms with E-state index in [1.807, 2.05) is 36.4 Å². The lowest BCUT2D eigenvalue weighted by Crippen LogP contribution is -1.91. The molecule has 0 aliphatic rings. The standard InChI is InChI=1S/C19H15ClN2O2S2/c1-11-7-8-14(23-2)12(9-11)10-25-19-22-21-18(24-19)17-16(20)13-5-3-4-6-15(13)26-17/h3-9H,10H2,1-2H3. The molecule has 7 heteroatoms. The van der Waals surface area contributed by atoms with Crippen LogP contribution in [0, 0.1) is 6.92 Å². The molecule has 2 aromatic carbocycles. The summed E-state index contributed by atoms with van der Waals surface area (Å²) in [7, 11) is 1.67. The van der Waals surface area contributed by atoms with Crippen molar-refractivity contribution >= 4 is 44.8 Å². The van der Waals surface area contributed by atoms with Gasteiger partial charge in [0.05, 0.1) is 12.1 Å². The Labute approximate surface area is 164 Å². The lowest BCUT2D eigenvalue weighted by atomic mass is 10.1. The summed E-state index contributed by atoms with van der Waals surface area (Å²) in [5.74, 6) is 2.00. The molecule has 0 N–H and O–H groups in total. The normalized spacial score (nSPS) is 11.2. The van der Waals surface area contributed by atoms with E-state index in [2.05, 4.69) is 23.2 Å². The molecule has 0 saturated heterocycles. The average Bonchev–Trinajstić information content (AvgIpc) is 3.25. The molecule has 0 spiro atoms. The predicted octanol–water partition coefficient (Wildman–Crippen LogP) is 6.21. The fourth-order valence-electron chi connectivity index (χ4n) is 2.67. The van der Waals surface area contributed by atoms with Gasteiger partial charge in [0.1, 0.15) is 10.6 Å². The van der Waals surface area contributed by atoms with Crippen molar-refractivity contribution in [3.8, 4) is 16.5 Å². The van der Waals surface area contributed by atoms with E-state index in [0.29, 0.717) is 21.9 Å². The van der Waals surface area contributed by atoms with Gasteiger partial charge in [-0.3, -0.25) is 0 Å². The maximum Gasteiger partial charge on any atom is 0.277 e. The monoisotopic (exact) mass is 402 g/mol. The van der Waals surface area contributed by atoms with Gasteiger partial charge in [-0.25, -0.2) is 0 Å². The van der Waals surface area contributed by atoms with Crippen molar-refractivity contribution in [2.45, 2.75) is 17.9 Å². The minimum atomic E-state index is 0.454. The number of thioether (sulfide) groups is 1. The van der Waals surface area contributed by atoms with Crippen molar-refractivity contribution in [3.05, 3.63) is 58.6 Å². The molecule has 26 heavy (non-hydrogen) atoms. The summed E-state index contributed by atoms with van der Waals surface area (Å²) in [6.07, 6.45) is 0. The van der Waals surface area contributed by atoms with Gasteiger partial charge in [0.25, 0.3) is 11.1 Å². The second kappa shape index (κ2) is 7.31. The van der Waals surface area contributed by atoms with Crippen LogP contribution in [0.3, 0.4) is 0 Å². The third-order valence-corrected chi connectivity index (χ3v) is 6.45. The zero-order valence-electron chi connectivity index (χ0n) is 14.2. The van der Waals surface area contributed by atoms with E-state index in [9.17, 15) is 0 Å². The van der Waals surface area contributed by atoms with Crippen molar-refractivity contribution in [3.63, 3.8) is 0 Å². The second-order valence-electron chi connectivity index (χ2n) is 5.72. The number of hydrogen-bond acceptors (Lipinski definition) is 6. The predicted molar refractivity (Wildman–Crippen MR) is 107 cm³/mol. The van der Waals surface area contributed by atoms with Crippen molar-refractivity contribution in [2.24, 2.45) is 0 Å². The molecule has 4 rings (SSSR count). The van der Waals surface area contributed by atoms with Crippen molar-refractivity contribution in [1.82, 2.24) is 10.2 Å². The number of ether oxygens (including phenoxy) is 1. The van der Waals surface area contributed by atoms with E-state index in [-0.39, 0.29) is 0 Å². The van der Waals surface area contributed by atoms with Crippen LogP contribution in [-0.4, -0.2) is 17.3 Å². The van der Waals surface area contributed by atoms with Crippen LogP contribution in [0.15, 0.2) is 52.1 Å². The summed E-state index contributed by atoms with van der Waals surface area (Å²) in [5.41, 5.74) is 2.28. The topological polar surface area (TPSA) is 48.2 Å². The highest BCUT2D eigenvalue weighted by Gasteiger charge is 2.18. The van der Waals surface area contributed by atoms with Gasteiger partial charge in [-0.05, 0) is 19.1 Å². The minimum Gasteiger partial charge on any atom is -0.496 e. The Morgan fingerprint density at radius 2 is 2.04 bits per heavy atom. The van der Waals surface area contributed by atoms with Gasteiger partial charge >= 0.3 is 0 Å². The zero-order chi connectivity index (χ0) is 18.1. The van der Waals surface area contributed by atoms with Gasteiger partial charge in [-0.2, -0.15) is 0 Å². The van der Waals surface area contributed by atoms with Crippen molar-refractivity contribution < 1.29 is 9.15 Å². The van der Waals surface area contributed by atoms with Gasteiger partial charge in [0, 0.05) is 21.4 Å². The van der Waals surface area contributed by atoms with Crippen LogP contribution in [-0.2, 0) is 5.75 Å². The third-order valence-electron chi connectivity index (χ3n) is 3.92. The van der Waals surface area contributed by atoms with E-state index in [4.69, 9.17) is 20.8 Å². The first kappa shape index (κ1) is 17.4. The molecule has 4 nitrogen and oxygen atoms in total. The summed E-state index contributed by atoms with van der Waals surface area (Å²) >= 11 is 9.53. The molecule has 2 heterocycles. The highest BCUT2D eigenvalue weighted by Crippen LogP contribution is 2.42. The Hall–Kier alpha value is -2.02. The van der Waals surface area contributed by atoms with Crippen LogP contribution in [0.1, 0.15) is 11.1 Å². The largest absolute Gasteiger partial charge is 0.496 e. The number of benzene rings is 2. The second-order valence-corrected chi connectivity index (χ2v) is 8.08. The molecule has 0 radical (unpaired) electrons. The molecule has 0 aliphatic heterocycles. The lowest BCUT2D eigenvalue weighted by Gasteiger charge is -2.07. The van der Waals surface area contributed by atoms with Crippen LogP contribution in [0.25, 0.3) is 20.9 Å². The number of fused-ring (bicyclic) bond motifs is 1. The quantitative estimate of drug-likeness (QED) is 0.371. The number of aryl methyl sites for hydroxylation is 1. The van der Waals surface area contributed by atoms with Gasteiger partial charge in [-0.1, -0.05) is 59.3 Å². The van der Waals surface area contributed by atoms with Crippen molar-refractivity contribution in [1.29, 1.82) is 0 Å². The molecule has 2 aromatic heterocycles. The molecule has 4 aromatic rings. The Balaban J connectivity index is 1.57. The first-order valence-corrected chi connectivity index (χ1v) is 10.1. The first-order chi connectivity index (χ1) is 12.7. The van der Waals surface area contributed by atoms with E-state index < -0.39 is 0 Å². The molecule has 132 valence electrons. The van der Waals surface area contributed by atoms with E-state index in [1.54, 1.807) is 18.4 Å². The number of methoxy groups -OCH3 is 1. The Morgan fingerprint density at radius 3 is 2.85 bits per heavy atom. The summed E-state index contributed by atoms with van der Waals surface area (Å²) in [5, 5.41) is 10.5. The highest BCUT2D eigenvalue weighted by atomic mass is 35.5. The Kier molecular flexibility index (Phi) is 4.89. The van der Waals surface area contributed by atoms with Crippen LogP contribution in [0.5, 0.6) is 5.75 Å². The lowest BCUT2D eigenvalue weighted by molar-refractivity contribution is 0.411. The summed E-state index contributed by atoms with van der Waals surface area (Å²) < 4.78 is 12.3. The van der Waals surface area contributed by atoms with Gasteiger partial charge in [0.15, 0.2) is 0 Å². The van der Waals surface area contributed by atoms with Crippen molar-refractivity contribution in [2.75, 3.05) is 7.11 Å². The zero-order valence-corrected chi connectivity index (χ0v) is 16.5. The number of halogens is 1. The number of thiophene rings is 1. The number of rotatable bonds is 5. The molecule has 0 aliphatic carbocycles. The van der Waals surface area contributed by atoms with Crippen LogP contribution in [0.4, 0.5) is 0 Å². The third kappa shape index (κ3) is 3.32.